The van der Waals surface area contributed by atoms with Crippen LogP contribution in [-0.2, 0) is 19.4 Å². The second kappa shape index (κ2) is 17.0. The summed E-state index contributed by atoms with van der Waals surface area (Å²) in [4.78, 5) is 17.9. The zero-order valence-electron chi connectivity index (χ0n) is 40.5. The number of allylic oxidation sites excluding steroid dienone is 5. The quantitative estimate of drug-likeness (QED) is 0.155. The molecule has 5 fully saturated rings. The van der Waals surface area contributed by atoms with E-state index in [1.165, 1.54) is 61.5 Å². The third-order valence-corrected chi connectivity index (χ3v) is 21.9. The first kappa shape index (κ1) is 47.5. The van der Waals surface area contributed by atoms with Crippen LogP contribution in [0.2, 0.25) is 0 Å². The van der Waals surface area contributed by atoms with Gasteiger partial charge in [0.15, 0.2) is 0 Å². The van der Waals surface area contributed by atoms with E-state index < -0.39 is 20.9 Å². The lowest BCUT2D eigenvalue weighted by Gasteiger charge is -2.72. The maximum atomic E-state index is 13.6. The Morgan fingerprint density at radius 2 is 1.70 bits per heavy atom. The Kier molecular flexibility index (Phi) is 12.6. The molecule has 0 saturated heterocycles. The molecule has 352 valence electrons. The van der Waals surface area contributed by atoms with Gasteiger partial charge in [0.1, 0.15) is 33.5 Å². The molecular weight excluding hydrogens is 819 g/mol. The van der Waals surface area contributed by atoms with E-state index in [2.05, 4.69) is 76.6 Å². The molecule has 10 heteroatoms. The van der Waals surface area contributed by atoms with Crippen molar-refractivity contribution in [1.82, 2.24) is 10.3 Å². The predicted octanol–water partition coefficient (Wildman–Crippen LogP) is 10.6. The number of fused-ring (bicyclic) bond motifs is 7. The predicted molar refractivity (Wildman–Crippen MR) is 253 cm³/mol. The summed E-state index contributed by atoms with van der Waals surface area (Å²) in [5, 5.41) is 25.1. The molecule has 10 atom stereocenters. The minimum absolute atomic E-state index is 0.0236. The van der Waals surface area contributed by atoms with Crippen molar-refractivity contribution in [3.8, 4) is 11.9 Å². The molecule has 0 unspecified atom stereocenters. The van der Waals surface area contributed by atoms with Gasteiger partial charge in [0.25, 0.3) is 0 Å². The smallest absolute Gasteiger partial charge is 0.315 e. The zero-order valence-corrected chi connectivity index (χ0v) is 41.3. The van der Waals surface area contributed by atoms with Crippen LogP contribution in [0.25, 0.3) is 0 Å². The fourth-order valence-electron chi connectivity index (χ4n) is 16.6. The summed E-state index contributed by atoms with van der Waals surface area (Å²) in [6, 6.07) is 5.56. The monoisotopic (exact) mass is 898 g/mol. The van der Waals surface area contributed by atoms with Crippen LogP contribution in [0.1, 0.15) is 163 Å². The molecule has 8 rings (SSSR count). The first-order valence-corrected chi connectivity index (χ1v) is 26.9. The standard InChI is InChI=1S/C54H79N3O6S/c1-10-62-47(58)52(35-63-46-38(34-55)12-11-32-56-46)24-15-37(16-25-52)41-20-22-49(6)43(48(41,4)5)21-23-51(8)44(49)14-13-42-45-40(36(2)3)19-28-54(45,30-29-50(42,51)7)57-33-31-53(59)26-17-39(18-27-53)64(9,60)61/h11-12,15,20,32,39-40,42-45,57,59H,2,10,13-14,16-19,21-31,33,35H2,1,3-9H3/t39?,40-,42+,43-,44+,45+,49-,50+,51+,52-,53?,54-/m0/s1. The Labute approximate surface area is 385 Å². The van der Waals surface area contributed by atoms with E-state index in [9.17, 15) is 23.6 Å². The largest absolute Gasteiger partial charge is 0.475 e. The highest BCUT2D eigenvalue weighted by Gasteiger charge is 2.70. The lowest BCUT2D eigenvalue weighted by molar-refractivity contribution is -0.221. The van der Waals surface area contributed by atoms with Gasteiger partial charge in [-0.3, -0.25) is 4.79 Å². The number of esters is 1. The summed E-state index contributed by atoms with van der Waals surface area (Å²) in [7, 11) is -3.08. The number of rotatable bonds is 12. The normalized spacial score (nSPS) is 41.4. The molecule has 0 radical (unpaired) electrons. The zero-order chi connectivity index (χ0) is 46.1. The average Bonchev–Trinajstić information content (AvgIpc) is 3.63. The Morgan fingerprint density at radius 1 is 0.953 bits per heavy atom. The van der Waals surface area contributed by atoms with Gasteiger partial charge in [-0.05, 0) is 204 Å². The first-order valence-electron chi connectivity index (χ1n) is 25.0. The molecule has 64 heavy (non-hydrogen) atoms. The molecule has 0 amide bonds. The fourth-order valence-corrected chi connectivity index (χ4v) is 17.6. The molecular formula is C54H79N3O6S. The number of hydrogen-bond donors (Lipinski definition) is 2. The van der Waals surface area contributed by atoms with Crippen LogP contribution in [0.3, 0.4) is 0 Å². The highest BCUT2D eigenvalue weighted by Crippen LogP contribution is 2.76. The van der Waals surface area contributed by atoms with Crippen molar-refractivity contribution in [2.75, 3.05) is 26.0 Å². The molecule has 1 aromatic heterocycles. The highest BCUT2D eigenvalue weighted by molar-refractivity contribution is 7.91. The molecule has 7 aliphatic rings. The van der Waals surface area contributed by atoms with E-state index in [0.717, 1.165) is 32.2 Å². The number of sulfone groups is 1. The molecule has 1 aromatic rings. The summed E-state index contributed by atoms with van der Waals surface area (Å²) in [6.45, 7) is 23.0. The van der Waals surface area contributed by atoms with Crippen molar-refractivity contribution in [2.24, 2.45) is 56.7 Å². The van der Waals surface area contributed by atoms with Gasteiger partial charge < -0.3 is 19.9 Å². The van der Waals surface area contributed by atoms with E-state index in [-0.39, 0.29) is 50.9 Å². The summed E-state index contributed by atoms with van der Waals surface area (Å²) in [6.07, 6.45) is 23.5. The van der Waals surface area contributed by atoms with Gasteiger partial charge in [-0.25, -0.2) is 13.4 Å². The Bertz CT molecular complexity index is 2200. The van der Waals surface area contributed by atoms with E-state index in [0.29, 0.717) is 86.7 Å². The van der Waals surface area contributed by atoms with Gasteiger partial charge in [0.05, 0.1) is 17.5 Å². The van der Waals surface area contributed by atoms with Gasteiger partial charge in [0.2, 0.25) is 5.88 Å². The van der Waals surface area contributed by atoms with E-state index >= 15 is 0 Å². The minimum atomic E-state index is -3.08. The van der Waals surface area contributed by atoms with Crippen LogP contribution < -0.4 is 10.1 Å². The van der Waals surface area contributed by atoms with Crippen molar-refractivity contribution in [2.45, 2.75) is 174 Å². The summed E-state index contributed by atoms with van der Waals surface area (Å²) in [5.41, 5.74) is 3.51. The van der Waals surface area contributed by atoms with Crippen molar-refractivity contribution in [3.05, 3.63) is 59.3 Å². The maximum Gasteiger partial charge on any atom is 0.315 e. The van der Waals surface area contributed by atoms with Crippen molar-refractivity contribution in [3.63, 3.8) is 0 Å². The first-order chi connectivity index (χ1) is 30.1. The van der Waals surface area contributed by atoms with E-state index in [4.69, 9.17) is 9.47 Å². The van der Waals surface area contributed by atoms with Gasteiger partial charge in [-0.1, -0.05) is 58.9 Å². The number of pyridine rings is 1. The second-order valence-electron chi connectivity index (χ2n) is 23.5. The van der Waals surface area contributed by atoms with Crippen LogP contribution in [0.15, 0.2) is 53.8 Å². The minimum Gasteiger partial charge on any atom is -0.475 e. The third kappa shape index (κ3) is 7.75. The molecule has 2 N–H and O–H groups in total. The Hall–Kier alpha value is -3.00. The Balaban J connectivity index is 1.00. The molecule has 1 heterocycles. The van der Waals surface area contributed by atoms with Crippen LogP contribution in [0.4, 0.5) is 0 Å². The molecule has 0 aromatic carbocycles. The molecule has 0 spiro atoms. The van der Waals surface area contributed by atoms with Gasteiger partial charge in [-0.2, -0.15) is 5.26 Å². The number of nitrogens with one attached hydrogen (secondary N) is 1. The van der Waals surface area contributed by atoms with Crippen molar-refractivity contribution >= 4 is 15.8 Å². The van der Waals surface area contributed by atoms with Gasteiger partial charge in [0, 0.05) is 18.0 Å². The number of carbonyl (C=O) groups is 1. The third-order valence-electron chi connectivity index (χ3n) is 20.2. The number of aromatic nitrogens is 1. The average molecular weight is 898 g/mol. The fraction of sp³-hybridized carbons (Fsp3) is 0.759. The summed E-state index contributed by atoms with van der Waals surface area (Å²) < 4.78 is 36.3. The van der Waals surface area contributed by atoms with E-state index in [1.807, 2.05) is 6.92 Å². The topological polar surface area (TPSA) is 139 Å². The van der Waals surface area contributed by atoms with Crippen molar-refractivity contribution < 1.29 is 27.8 Å². The number of nitriles is 1. The van der Waals surface area contributed by atoms with Crippen LogP contribution in [-0.4, -0.2) is 66.9 Å². The summed E-state index contributed by atoms with van der Waals surface area (Å²) >= 11 is 0. The molecule has 9 nitrogen and oxygen atoms in total. The lowest BCUT2D eigenvalue weighted by Crippen LogP contribution is -2.68. The highest BCUT2D eigenvalue weighted by atomic mass is 32.2. The number of ether oxygens (including phenoxy) is 2. The SMILES string of the molecule is C=C(C)[C@@H]1CC[C@]2(NCCC3(O)CCC(S(C)(=O)=O)CC3)CC[C@]3(C)[C@H](CC[C@@H]4[C@@]5(C)CC=C(C6=CC[C@](COc7ncccc7C#N)(C(=O)OCC)CC6)C(C)(C)[C@@H]5CC[C@]43C)[C@@H]12. The van der Waals surface area contributed by atoms with Crippen molar-refractivity contribution in [1.29, 1.82) is 5.26 Å². The van der Waals surface area contributed by atoms with Gasteiger partial charge in [-0.15, -0.1) is 0 Å². The molecule has 0 bridgehead atoms. The molecule has 0 aliphatic heterocycles. The van der Waals surface area contributed by atoms with Crippen LogP contribution in [0, 0.1) is 68.0 Å². The summed E-state index contributed by atoms with van der Waals surface area (Å²) in [5.74, 6) is 2.82. The molecule has 5 saturated carbocycles. The number of nitrogens with zero attached hydrogens (tertiary/aromatic N) is 2. The van der Waals surface area contributed by atoms with E-state index in [1.54, 1.807) is 18.3 Å². The maximum absolute atomic E-state index is 13.6. The molecule has 7 aliphatic carbocycles. The Morgan fingerprint density at radius 3 is 2.36 bits per heavy atom. The number of hydrogen-bond acceptors (Lipinski definition) is 9. The lowest BCUT2D eigenvalue weighted by atomic mass is 9.33. The number of aliphatic hydroxyl groups is 1. The van der Waals surface area contributed by atoms with Crippen LogP contribution in [0.5, 0.6) is 5.88 Å². The second-order valence-corrected chi connectivity index (χ2v) is 25.8. The van der Waals surface area contributed by atoms with Gasteiger partial charge >= 0.3 is 5.97 Å². The van der Waals surface area contributed by atoms with Crippen LogP contribution >= 0.6 is 0 Å². The number of carbonyl (C=O) groups excluding carboxylic acids is 1.